The van der Waals surface area contributed by atoms with Crippen LogP contribution in [0.25, 0.3) is 16.5 Å². The van der Waals surface area contributed by atoms with E-state index in [0.717, 1.165) is 41.4 Å². The summed E-state index contributed by atoms with van der Waals surface area (Å²) in [5, 5.41) is 0.496. The molecule has 0 spiro atoms. The van der Waals surface area contributed by atoms with Gasteiger partial charge in [0.05, 0.1) is 18.5 Å². The molecular formula is C22H29FN2O3S. The van der Waals surface area contributed by atoms with Crippen LogP contribution >= 0.6 is 0 Å². The van der Waals surface area contributed by atoms with Crippen LogP contribution in [0.5, 0.6) is 0 Å². The Bertz CT molecular complexity index is 1060. The number of nitrogens with one attached hydrogen (secondary N) is 1. The Kier molecular flexibility index (Phi) is 5.34. The largest absolute Gasteiger partial charge is 0.377 e. The van der Waals surface area contributed by atoms with E-state index in [-0.39, 0.29) is 23.0 Å². The third kappa shape index (κ3) is 4.57. The number of sulfonamides is 1. The SMILES string of the molecule is CC(C)(C)Cn1cc(CNS(=O)(=O)C2CC2)c2cc(F)c(C3=CCOCC3)cc21. The van der Waals surface area contributed by atoms with Gasteiger partial charge in [0.15, 0.2) is 0 Å². The number of benzene rings is 1. The van der Waals surface area contributed by atoms with E-state index in [1.807, 2.05) is 18.3 Å². The van der Waals surface area contributed by atoms with Gasteiger partial charge in [-0.2, -0.15) is 0 Å². The number of hydrogen-bond acceptors (Lipinski definition) is 3. The van der Waals surface area contributed by atoms with Gasteiger partial charge in [0, 0.05) is 35.8 Å². The molecule has 0 bridgehead atoms. The molecule has 2 aromatic rings. The average molecular weight is 421 g/mol. The predicted octanol–water partition coefficient (Wildman–Crippen LogP) is 4.21. The summed E-state index contributed by atoms with van der Waals surface area (Å²) in [6, 6.07) is 3.47. The van der Waals surface area contributed by atoms with E-state index in [1.54, 1.807) is 6.07 Å². The molecule has 2 aliphatic rings. The van der Waals surface area contributed by atoms with Gasteiger partial charge >= 0.3 is 0 Å². The van der Waals surface area contributed by atoms with E-state index in [0.29, 0.717) is 25.2 Å². The van der Waals surface area contributed by atoms with Gasteiger partial charge in [-0.3, -0.25) is 0 Å². The van der Waals surface area contributed by atoms with Crippen molar-refractivity contribution < 1.29 is 17.5 Å². The highest BCUT2D eigenvalue weighted by Crippen LogP contribution is 2.33. The number of hydrogen-bond donors (Lipinski definition) is 1. The molecule has 1 aromatic heterocycles. The van der Waals surface area contributed by atoms with Gasteiger partial charge < -0.3 is 9.30 Å². The fourth-order valence-electron chi connectivity index (χ4n) is 3.86. The standard InChI is InChI=1S/C22H29FN2O3S/c1-22(2,3)14-25-13-16(12-24-29(26,27)17-4-5-17)19-10-20(23)18(11-21(19)25)15-6-8-28-9-7-15/h6,10-11,13,17,24H,4-5,7-9,12,14H2,1-3H3. The molecule has 7 heteroatoms. The van der Waals surface area contributed by atoms with Crippen molar-refractivity contribution in [2.24, 2.45) is 5.41 Å². The normalized spacial score (nSPS) is 18.3. The lowest BCUT2D eigenvalue weighted by Crippen LogP contribution is -2.26. The number of ether oxygens (including phenoxy) is 1. The van der Waals surface area contributed by atoms with Gasteiger partial charge in [-0.1, -0.05) is 26.8 Å². The van der Waals surface area contributed by atoms with Gasteiger partial charge in [-0.25, -0.2) is 17.5 Å². The molecule has 0 atom stereocenters. The second kappa shape index (κ2) is 7.52. The third-order valence-electron chi connectivity index (χ3n) is 5.43. The monoisotopic (exact) mass is 420 g/mol. The quantitative estimate of drug-likeness (QED) is 0.761. The number of rotatable bonds is 6. The van der Waals surface area contributed by atoms with Gasteiger partial charge in [0.1, 0.15) is 5.82 Å². The number of aromatic nitrogens is 1. The van der Waals surface area contributed by atoms with Crippen molar-refractivity contribution in [2.45, 2.75) is 58.4 Å². The summed E-state index contributed by atoms with van der Waals surface area (Å²) in [7, 11) is -3.29. The fourth-order valence-corrected chi connectivity index (χ4v) is 5.21. The van der Waals surface area contributed by atoms with Crippen molar-refractivity contribution in [2.75, 3.05) is 13.2 Å². The van der Waals surface area contributed by atoms with Crippen molar-refractivity contribution >= 4 is 26.5 Å². The van der Waals surface area contributed by atoms with Gasteiger partial charge in [-0.15, -0.1) is 0 Å². The Morgan fingerprint density at radius 1 is 1.28 bits per heavy atom. The number of fused-ring (bicyclic) bond motifs is 1. The molecule has 1 aromatic carbocycles. The van der Waals surface area contributed by atoms with Crippen LogP contribution in [0.4, 0.5) is 4.39 Å². The molecule has 0 radical (unpaired) electrons. The summed E-state index contributed by atoms with van der Waals surface area (Å²) >= 11 is 0. The first-order valence-electron chi connectivity index (χ1n) is 10.2. The van der Waals surface area contributed by atoms with Crippen LogP contribution < -0.4 is 4.72 Å². The van der Waals surface area contributed by atoms with Crippen LogP contribution in [0.15, 0.2) is 24.4 Å². The molecule has 5 nitrogen and oxygen atoms in total. The smallest absolute Gasteiger partial charge is 0.214 e. The van der Waals surface area contributed by atoms with E-state index < -0.39 is 10.0 Å². The maximum absolute atomic E-state index is 15.0. The van der Waals surface area contributed by atoms with Crippen LogP contribution in [0.3, 0.4) is 0 Å². The van der Waals surface area contributed by atoms with Gasteiger partial charge in [-0.05, 0) is 47.9 Å². The highest BCUT2D eigenvalue weighted by atomic mass is 32.2. The van der Waals surface area contributed by atoms with E-state index >= 15 is 4.39 Å². The van der Waals surface area contributed by atoms with E-state index in [4.69, 9.17) is 4.74 Å². The summed E-state index contributed by atoms with van der Waals surface area (Å²) in [6.45, 7) is 8.50. The van der Waals surface area contributed by atoms with Crippen molar-refractivity contribution in [3.63, 3.8) is 0 Å². The summed E-state index contributed by atoms with van der Waals surface area (Å²) in [5.41, 5.74) is 3.35. The highest BCUT2D eigenvalue weighted by molar-refractivity contribution is 7.90. The fraction of sp³-hybridized carbons (Fsp3) is 0.545. The second-order valence-corrected chi connectivity index (χ2v) is 11.4. The first-order chi connectivity index (χ1) is 13.6. The van der Waals surface area contributed by atoms with Crippen LogP contribution in [-0.2, 0) is 27.8 Å². The Morgan fingerprint density at radius 2 is 2.03 bits per heavy atom. The lowest BCUT2D eigenvalue weighted by atomic mass is 9.96. The minimum atomic E-state index is -3.29. The molecule has 1 saturated carbocycles. The third-order valence-corrected chi connectivity index (χ3v) is 7.33. The van der Waals surface area contributed by atoms with Gasteiger partial charge in [0.2, 0.25) is 10.0 Å². The Labute approximate surface area is 172 Å². The maximum atomic E-state index is 15.0. The van der Waals surface area contributed by atoms with E-state index in [9.17, 15) is 8.42 Å². The number of nitrogens with zero attached hydrogens (tertiary/aromatic N) is 1. The molecular weight excluding hydrogens is 391 g/mol. The Hall–Kier alpha value is -1.70. The van der Waals surface area contributed by atoms with Gasteiger partial charge in [0.25, 0.3) is 0 Å². The van der Waals surface area contributed by atoms with Crippen molar-refractivity contribution in [3.8, 4) is 0 Å². The summed E-state index contributed by atoms with van der Waals surface area (Å²) in [5.74, 6) is -0.273. The van der Waals surface area contributed by atoms with Crippen LogP contribution in [0.2, 0.25) is 0 Å². The average Bonchev–Trinajstić information content (AvgIpc) is 3.45. The summed E-state index contributed by atoms with van der Waals surface area (Å²) < 4.78 is 49.7. The zero-order chi connectivity index (χ0) is 20.8. The minimum Gasteiger partial charge on any atom is -0.377 e. The lowest BCUT2D eigenvalue weighted by Gasteiger charge is -2.20. The molecule has 1 aliphatic carbocycles. The summed E-state index contributed by atoms with van der Waals surface area (Å²) in [6.07, 6.45) is 6.04. The second-order valence-electron chi connectivity index (χ2n) is 9.31. The Morgan fingerprint density at radius 3 is 2.66 bits per heavy atom. The van der Waals surface area contributed by atoms with Crippen LogP contribution in [0, 0.1) is 11.2 Å². The minimum absolute atomic E-state index is 0.0310. The van der Waals surface area contributed by atoms with E-state index in [1.165, 1.54) is 0 Å². The molecule has 0 unspecified atom stereocenters. The molecule has 4 rings (SSSR count). The molecule has 158 valence electrons. The zero-order valence-corrected chi connectivity index (χ0v) is 18.1. The topological polar surface area (TPSA) is 60.3 Å². The molecule has 0 saturated heterocycles. The van der Waals surface area contributed by atoms with Crippen molar-refractivity contribution in [1.82, 2.24) is 9.29 Å². The molecule has 2 heterocycles. The first kappa shape index (κ1) is 20.6. The van der Waals surface area contributed by atoms with Crippen molar-refractivity contribution in [1.29, 1.82) is 0 Å². The first-order valence-corrected chi connectivity index (χ1v) is 11.8. The molecule has 29 heavy (non-hydrogen) atoms. The molecule has 0 amide bonds. The summed E-state index contributed by atoms with van der Waals surface area (Å²) in [4.78, 5) is 0. The zero-order valence-electron chi connectivity index (χ0n) is 17.3. The van der Waals surface area contributed by atoms with Crippen LogP contribution in [-0.4, -0.2) is 31.4 Å². The maximum Gasteiger partial charge on any atom is 0.214 e. The Balaban J connectivity index is 1.75. The molecule has 1 N–H and O–H groups in total. The van der Waals surface area contributed by atoms with Crippen LogP contribution in [0.1, 0.15) is 51.2 Å². The highest BCUT2D eigenvalue weighted by Gasteiger charge is 2.35. The predicted molar refractivity (Wildman–Crippen MR) is 114 cm³/mol. The van der Waals surface area contributed by atoms with Crippen molar-refractivity contribution in [3.05, 3.63) is 41.3 Å². The number of halogens is 1. The molecule has 1 fully saturated rings. The van der Waals surface area contributed by atoms with E-state index in [2.05, 4.69) is 30.1 Å². The molecule has 1 aliphatic heterocycles. The lowest BCUT2D eigenvalue weighted by molar-refractivity contribution is 0.161.